The van der Waals surface area contributed by atoms with Gasteiger partial charge in [-0.15, -0.1) is 0 Å². The Balaban J connectivity index is 1.72. The van der Waals surface area contributed by atoms with E-state index >= 15 is 0 Å². The van der Waals surface area contributed by atoms with Crippen molar-refractivity contribution in [1.82, 2.24) is 10.2 Å². The van der Waals surface area contributed by atoms with Gasteiger partial charge in [-0.2, -0.15) is 0 Å². The molecular formula is C24H26FN3O4S. The number of methoxy groups -OCH3 is 1. The normalized spacial score (nSPS) is 12.3. The fourth-order valence-electron chi connectivity index (χ4n) is 3.28. The minimum absolute atomic E-state index is 0.0414. The summed E-state index contributed by atoms with van der Waals surface area (Å²) >= 11 is 0. The predicted octanol–water partition coefficient (Wildman–Crippen LogP) is 3.67. The van der Waals surface area contributed by atoms with E-state index in [1.165, 1.54) is 43.5 Å². The van der Waals surface area contributed by atoms with Gasteiger partial charge >= 0.3 is 0 Å². The van der Waals surface area contributed by atoms with Crippen LogP contribution >= 0.6 is 0 Å². The number of rotatable bonds is 9. The predicted molar refractivity (Wildman–Crippen MR) is 125 cm³/mol. The standard InChI is InChI=1S/C24H26FN3O4S/c1-28(2)23(17-6-4-8-19(25)14-17)16-26-24(29)18-7-5-9-22(15-18)33(30,31)27-20-10-12-21(32-3)13-11-20/h4-15,23,27H,16H2,1-3H3,(H,26,29). The van der Waals surface area contributed by atoms with Crippen LogP contribution in [0.3, 0.4) is 0 Å². The number of benzene rings is 3. The molecule has 0 saturated carbocycles. The van der Waals surface area contributed by atoms with E-state index in [2.05, 4.69) is 10.0 Å². The number of sulfonamides is 1. The zero-order valence-electron chi connectivity index (χ0n) is 18.6. The van der Waals surface area contributed by atoms with Crippen LogP contribution in [-0.2, 0) is 10.0 Å². The number of carbonyl (C=O) groups excluding carboxylic acids is 1. The molecule has 0 saturated heterocycles. The van der Waals surface area contributed by atoms with Crippen LogP contribution in [0.4, 0.5) is 10.1 Å². The molecule has 0 spiro atoms. The second-order valence-electron chi connectivity index (χ2n) is 7.61. The van der Waals surface area contributed by atoms with Gasteiger partial charge in [0.2, 0.25) is 0 Å². The van der Waals surface area contributed by atoms with Crippen molar-refractivity contribution in [3.8, 4) is 5.75 Å². The van der Waals surface area contributed by atoms with Crippen LogP contribution in [-0.4, -0.2) is 47.0 Å². The van der Waals surface area contributed by atoms with Gasteiger partial charge in [-0.1, -0.05) is 18.2 Å². The highest BCUT2D eigenvalue weighted by atomic mass is 32.2. The van der Waals surface area contributed by atoms with Crippen molar-refractivity contribution in [3.05, 3.63) is 89.7 Å². The minimum Gasteiger partial charge on any atom is -0.497 e. The monoisotopic (exact) mass is 471 g/mol. The first kappa shape index (κ1) is 24.2. The highest BCUT2D eigenvalue weighted by Crippen LogP contribution is 2.21. The summed E-state index contributed by atoms with van der Waals surface area (Å²) in [5.74, 6) is -0.182. The zero-order valence-corrected chi connectivity index (χ0v) is 19.4. The van der Waals surface area contributed by atoms with Crippen molar-refractivity contribution in [2.45, 2.75) is 10.9 Å². The number of likely N-dealkylation sites (N-methyl/N-ethyl adjacent to an activating group) is 1. The lowest BCUT2D eigenvalue weighted by Gasteiger charge is -2.25. The Morgan fingerprint density at radius 2 is 1.73 bits per heavy atom. The average molecular weight is 472 g/mol. The van der Waals surface area contributed by atoms with Gasteiger partial charge in [0.25, 0.3) is 15.9 Å². The molecule has 0 aromatic heterocycles. The number of anilines is 1. The van der Waals surface area contributed by atoms with Crippen molar-refractivity contribution in [1.29, 1.82) is 0 Å². The molecule has 0 fully saturated rings. The number of hydrogen-bond acceptors (Lipinski definition) is 5. The Hall–Kier alpha value is -3.43. The molecule has 3 rings (SSSR count). The number of nitrogens with one attached hydrogen (secondary N) is 2. The molecule has 1 unspecified atom stereocenters. The first-order chi connectivity index (χ1) is 15.7. The highest BCUT2D eigenvalue weighted by Gasteiger charge is 2.19. The second-order valence-corrected chi connectivity index (χ2v) is 9.29. The van der Waals surface area contributed by atoms with E-state index in [1.807, 2.05) is 19.0 Å². The van der Waals surface area contributed by atoms with Gasteiger partial charge in [0.05, 0.1) is 18.0 Å². The largest absolute Gasteiger partial charge is 0.497 e. The van der Waals surface area contributed by atoms with E-state index in [0.29, 0.717) is 11.4 Å². The topological polar surface area (TPSA) is 87.7 Å². The Bertz CT molecular complexity index is 1210. The molecule has 0 radical (unpaired) electrons. The van der Waals surface area contributed by atoms with Crippen molar-refractivity contribution >= 4 is 21.6 Å². The number of hydrogen-bond donors (Lipinski definition) is 2. The van der Waals surface area contributed by atoms with E-state index < -0.39 is 15.9 Å². The number of halogens is 1. The fourth-order valence-corrected chi connectivity index (χ4v) is 4.39. The van der Waals surface area contributed by atoms with Gasteiger partial charge in [0, 0.05) is 17.8 Å². The lowest BCUT2D eigenvalue weighted by Crippen LogP contribution is -2.34. The molecule has 33 heavy (non-hydrogen) atoms. The molecule has 7 nitrogen and oxygen atoms in total. The van der Waals surface area contributed by atoms with Gasteiger partial charge in [-0.25, -0.2) is 12.8 Å². The maximum atomic E-state index is 13.6. The van der Waals surface area contributed by atoms with Crippen molar-refractivity contribution in [2.24, 2.45) is 0 Å². The molecule has 9 heteroatoms. The van der Waals surface area contributed by atoms with Crippen LogP contribution in [0.25, 0.3) is 0 Å². The molecule has 0 bridgehead atoms. The summed E-state index contributed by atoms with van der Waals surface area (Å²) in [5, 5.41) is 2.81. The summed E-state index contributed by atoms with van der Waals surface area (Å²) in [6.07, 6.45) is 0. The Morgan fingerprint density at radius 3 is 2.36 bits per heavy atom. The van der Waals surface area contributed by atoms with E-state index in [-0.39, 0.29) is 28.9 Å². The lowest BCUT2D eigenvalue weighted by atomic mass is 10.1. The van der Waals surface area contributed by atoms with Crippen molar-refractivity contribution < 1.29 is 22.3 Å². The smallest absolute Gasteiger partial charge is 0.261 e. The molecule has 0 aliphatic heterocycles. The molecule has 0 heterocycles. The number of ether oxygens (including phenoxy) is 1. The third kappa shape index (κ3) is 6.30. The van der Waals surface area contributed by atoms with E-state index in [0.717, 1.165) is 5.56 Å². The van der Waals surface area contributed by atoms with Crippen LogP contribution in [0.1, 0.15) is 22.0 Å². The molecule has 1 amide bonds. The lowest BCUT2D eigenvalue weighted by molar-refractivity contribution is 0.0941. The summed E-state index contributed by atoms with van der Waals surface area (Å²) in [6.45, 7) is 0.219. The van der Waals surface area contributed by atoms with Crippen LogP contribution < -0.4 is 14.8 Å². The maximum absolute atomic E-state index is 13.6. The van der Waals surface area contributed by atoms with Gasteiger partial charge in [-0.3, -0.25) is 9.52 Å². The van der Waals surface area contributed by atoms with E-state index in [1.54, 1.807) is 36.4 Å². The minimum atomic E-state index is -3.90. The zero-order chi connectivity index (χ0) is 24.0. The maximum Gasteiger partial charge on any atom is 0.261 e. The molecular weight excluding hydrogens is 445 g/mol. The highest BCUT2D eigenvalue weighted by molar-refractivity contribution is 7.92. The van der Waals surface area contributed by atoms with Crippen LogP contribution in [0, 0.1) is 5.82 Å². The third-order valence-electron chi connectivity index (χ3n) is 5.06. The van der Waals surface area contributed by atoms with Gasteiger partial charge in [-0.05, 0) is 74.3 Å². The quantitative estimate of drug-likeness (QED) is 0.497. The molecule has 1 atom stereocenters. The summed E-state index contributed by atoms with van der Waals surface area (Å²) in [7, 11) is 1.29. The number of carbonyl (C=O) groups is 1. The second kappa shape index (κ2) is 10.5. The molecule has 174 valence electrons. The number of amides is 1. The summed E-state index contributed by atoms with van der Waals surface area (Å²) in [4.78, 5) is 14.6. The summed E-state index contributed by atoms with van der Waals surface area (Å²) in [5.41, 5.74) is 1.29. The van der Waals surface area contributed by atoms with Gasteiger partial charge in [0.15, 0.2) is 0 Å². The molecule has 3 aromatic rings. The molecule has 2 N–H and O–H groups in total. The molecule has 3 aromatic carbocycles. The first-order valence-corrected chi connectivity index (χ1v) is 11.6. The number of nitrogens with zero attached hydrogens (tertiary/aromatic N) is 1. The third-order valence-corrected chi connectivity index (χ3v) is 6.44. The summed E-state index contributed by atoms with van der Waals surface area (Å²) < 4.78 is 46.8. The van der Waals surface area contributed by atoms with Gasteiger partial charge < -0.3 is 15.0 Å². The molecule has 0 aliphatic carbocycles. The fraction of sp³-hybridized carbons (Fsp3) is 0.208. The van der Waals surface area contributed by atoms with Crippen LogP contribution in [0.5, 0.6) is 5.75 Å². The van der Waals surface area contributed by atoms with E-state index in [4.69, 9.17) is 4.74 Å². The van der Waals surface area contributed by atoms with Crippen LogP contribution in [0.15, 0.2) is 77.7 Å². The Labute approximate surface area is 193 Å². The van der Waals surface area contributed by atoms with Crippen molar-refractivity contribution in [3.63, 3.8) is 0 Å². The average Bonchev–Trinajstić information content (AvgIpc) is 2.79. The summed E-state index contributed by atoms with van der Waals surface area (Å²) in [6, 6.07) is 18.2. The van der Waals surface area contributed by atoms with Gasteiger partial charge in [0.1, 0.15) is 11.6 Å². The Morgan fingerprint density at radius 1 is 1.03 bits per heavy atom. The molecule has 0 aliphatic rings. The first-order valence-electron chi connectivity index (χ1n) is 10.2. The van der Waals surface area contributed by atoms with E-state index in [9.17, 15) is 17.6 Å². The van der Waals surface area contributed by atoms with Crippen LogP contribution in [0.2, 0.25) is 0 Å². The van der Waals surface area contributed by atoms with Crippen molar-refractivity contribution in [2.75, 3.05) is 32.5 Å². The Kier molecular flexibility index (Phi) is 7.67. The SMILES string of the molecule is COc1ccc(NS(=O)(=O)c2cccc(C(=O)NCC(c3cccc(F)c3)N(C)C)c2)cc1.